The number of benzene rings is 2. The molecule has 0 aliphatic carbocycles. The minimum atomic E-state index is -3.75. The highest BCUT2D eigenvalue weighted by Gasteiger charge is 2.34. The first-order valence-corrected chi connectivity index (χ1v) is 13.5. The molecule has 0 radical (unpaired) electrons. The van der Waals surface area contributed by atoms with Gasteiger partial charge in [0.2, 0.25) is 20.0 Å². The molecule has 0 saturated carbocycles. The first-order chi connectivity index (χ1) is 15.1. The Bertz CT molecular complexity index is 1130. The summed E-state index contributed by atoms with van der Waals surface area (Å²) in [5, 5.41) is 9.76. The lowest BCUT2D eigenvalue weighted by Crippen LogP contribution is -2.51. The summed E-state index contributed by atoms with van der Waals surface area (Å²) in [4.78, 5) is 0.438. The summed E-state index contributed by atoms with van der Waals surface area (Å²) in [6, 6.07) is 12.9. The van der Waals surface area contributed by atoms with Crippen LogP contribution in [0.25, 0.3) is 0 Å². The predicted octanol–water partition coefficient (Wildman–Crippen LogP) is 1.86. The number of rotatable bonds is 9. The lowest BCUT2D eigenvalue weighted by molar-refractivity contribution is -0.0869. The molecule has 176 valence electrons. The van der Waals surface area contributed by atoms with Crippen LogP contribution in [0.2, 0.25) is 0 Å². The lowest BCUT2D eigenvalue weighted by atomic mass is 9.98. The van der Waals surface area contributed by atoms with Crippen LogP contribution in [0.4, 0.5) is 0 Å². The second-order valence-electron chi connectivity index (χ2n) is 8.00. The number of aliphatic hydroxyl groups is 1. The fourth-order valence-corrected chi connectivity index (χ4v) is 6.73. The minimum Gasteiger partial charge on any atom is -0.394 e. The highest BCUT2D eigenvalue weighted by atomic mass is 32.2. The molecule has 3 rings (SSSR count). The van der Waals surface area contributed by atoms with Gasteiger partial charge in [0.15, 0.2) is 0 Å². The summed E-state index contributed by atoms with van der Waals surface area (Å²) in [5.74, 6) is 0. The van der Waals surface area contributed by atoms with E-state index in [1.165, 1.54) is 0 Å². The second kappa shape index (κ2) is 10.4. The summed E-state index contributed by atoms with van der Waals surface area (Å²) in [6.07, 6.45) is 0.444. The topological polar surface area (TPSA) is 122 Å². The van der Waals surface area contributed by atoms with E-state index >= 15 is 0 Å². The third-order valence-corrected chi connectivity index (χ3v) is 8.90. The van der Waals surface area contributed by atoms with Crippen molar-refractivity contribution in [3.8, 4) is 0 Å². The summed E-state index contributed by atoms with van der Waals surface area (Å²) < 4.78 is 61.7. The van der Waals surface area contributed by atoms with Crippen LogP contribution >= 0.6 is 0 Å². The van der Waals surface area contributed by atoms with Crippen LogP contribution in [0.15, 0.2) is 58.3 Å². The average Bonchev–Trinajstić information content (AvgIpc) is 2.74. The van der Waals surface area contributed by atoms with Gasteiger partial charge in [0.25, 0.3) is 0 Å². The van der Waals surface area contributed by atoms with Gasteiger partial charge >= 0.3 is 0 Å². The number of sulfonamides is 2. The molecule has 10 heteroatoms. The lowest BCUT2D eigenvalue weighted by Gasteiger charge is -2.36. The third-order valence-electron chi connectivity index (χ3n) is 5.63. The molecule has 0 spiro atoms. The Morgan fingerprint density at radius 1 is 0.906 bits per heavy atom. The van der Waals surface area contributed by atoms with E-state index in [1.54, 1.807) is 62.4 Å². The van der Waals surface area contributed by atoms with Crippen molar-refractivity contribution in [3.63, 3.8) is 0 Å². The second-order valence-corrected chi connectivity index (χ2v) is 11.4. The quantitative estimate of drug-likeness (QED) is 0.502. The summed E-state index contributed by atoms with van der Waals surface area (Å²) in [5.41, 5.74) is 1.30. The van der Waals surface area contributed by atoms with Crippen LogP contribution < -0.4 is 9.44 Å². The molecule has 1 fully saturated rings. The van der Waals surface area contributed by atoms with E-state index < -0.39 is 32.2 Å². The number of nitrogens with one attached hydrogen (secondary N) is 2. The smallest absolute Gasteiger partial charge is 0.241 e. The highest BCUT2D eigenvalue weighted by molar-refractivity contribution is 7.89. The molecule has 1 aliphatic rings. The Labute approximate surface area is 190 Å². The largest absolute Gasteiger partial charge is 0.394 e. The van der Waals surface area contributed by atoms with Gasteiger partial charge < -0.3 is 9.84 Å². The van der Waals surface area contributed by atoms with Crippen LogP contribution in [0.3, 0.4) is 0 Å². The summed E-state index contributed by atoms with van der Waals surface area (Å²) in [7, 11) is -7.38. The minimum absolute atomic E-state index is 0.180. The Morgan fingerprint density at radius 2 is 1.47 bits per heavy atom. The molecule has 0 aromatic heterocycles. The van der Waals surface area contributed by atoms with Crippen molar-refractivity contribution in [1.82, 2.24) is 9.44 Å². The van der Waals surface area contributed by atoms with Gasteiger partial charge in [-0.15, -0.1) is 0 Å². The van der Waals surface area contributed by atoms with Crippen molar-refractivity contribution < 1.29 is 26.7 Å². The van der Waals surface area contributed by atoms with Gasteiger partial charge in [-0.25, -0.2) is 26.3 Å². The molecule has 0 amide bonds. The zero-order chi connectivity index (χ0) is 23.4. The van der Waals surface area contributed by atoms with E-state index in [1.807, 2.05) is 0 Å². The zero-order valence-electron chi connectivity index (χ0n) is 18.2. The standard InChI is InChI=1S/C22H30N2O6S2/c1-16-7-3-5-9-21(16)31(26,27)23-14-13-18-11-12-19(20(15-25)30-18)24-32(28,29)22-10-6-4-8-17(22)2/h3-10,18-20,23-25H,11-15H2,1-2H3/t18-,19+,20+/m1/s1. The highest BCUT2D eigenvalue weighted by Crippen LogP contribution is 2.24. The van der Waals surface area contributed by atoms with Gasteiger partial charge in [0.1, 0.15) is 0 Å². The van der Waals surface area contributed by atoms with Gasteiger partial charge in [0, 0.05) is 6.54 Å². The van der Waals surface area contributed by atoms with Crippen LogP contribution in [0.5, 0.6) is 0 Å². The van der Waals surface area contributed by atoms with Gasteiger partial charge in [0.05, 0.1) is 34.6 Å². The van der Waals surface area contributed by atoms with Crippen molar-refractivity contribution in [3.05, 3.63) is 59.7 Å². The first kappa shape index (κ1) is 24.8. The number of hydrogen-bond donors (Lipinski definition) is 3. The van der Waals surface area contributed by atoms with Crippen molar-refractivity contribution in [2.45, 2.75) is 61.2 Å². The maximum Gasteiger partial charge on any atom is 0.241 e. The van der Waals surface area contributed by atoms with Crippen molar-refractivity contribution in [1.29, 1.82) is 0 Å². The van der Waals surface area contributed by atoms with Crippen molar-refractivity contribution >= 4 is 20.0 Å². The van der Waals surface area contributed by atoms with E-state index in [9.17, 15) is 21.9 Å². The van der Waals surface area contributed by atoms with Gasteiger partial charge in [-0.1, -0.05) is 36.4 Å². The molecule has 2 aromatic carbocycles. The fraction of sp³-hybridized carbons (Fsp3) is 0.455. The predicted molar refractivity (Wildman–Crippen MR) is 121 cm³/mol. The van der Waals surface area contributed by atoms with Gasteiger partial charge in [-0.05, 0) is 56.4 Å². The molecular formula is C22H30N2O6S2. The first-order valence-electron chi connectivity index (χ1n) is 10.5. The molecule has 3 atom stereocenters. The molecule has 8 nitrogen and oxygen atoms in total. The summed E-state index contributed by atoms with van der Waals surface area (Å²) in [6.45, 7) is 3.30. The average molecular weight is 483 g/mol. The molecule has 0 bridgehead atoms. The Hall–Kier alpha value is -1.82. The molecule has 1 aliphatic heterocycles. The Kier molecular flexibility index (Phi) is 8.07. The number of hydrogen-bond acceptors (Lipinski definition) is 6. The maximum absolute atomic E-state index is 12.8. The number of aryl methyl sites for hydroxylation is 2. The van der Waals surface area contributed by atoms with Gasteiger partial charge in [-0.3, -0.25) is 0 Å². The number of ether oxygens (including phenoxy) is 1. The zero-order valence-corrected chi connectivity index (χ0v) is 19.8. The fourth-order valence-electron chi connectivity index (χ4n) is 3.89. The molecule has 1 saturated heterocycles. The van der Waals surface area contributed by atoms with Crippen LogP contribution in [0.1, 0.15) is 30.4 Å². The Morgan fingerprint density at radius 3 is 2.03 bits per heavy atom. The maximum atomic E-state index is 12.8. The molecule has 0 unspecified atom stereocenters. The van der Waals surface area contributed by atoms with E-state index in [0.29, 0.717) is 30.4 Å². The Balaban J connectivity index is 1.57. The van der Waals surface area contributed by atoms with E-state index in [4.69, 9.17) is 4.74 Å². The monoisotopic (exact) mass is 482 g/mol. The molecule has 2 aromatic rings. The molecular weight excluding hydrogens is 452 g/mol. The van der Waals surface area contributed by atoms with E-state index in [0.717, 1.165) is 0 Å². The van der Waals surface area contributed by atoms with E-state index in [2.05, 4.69) is 9.44 Å². The van der Waals surface area contributed by atoms with Crippen molar-refractivity contribution in [2.24, 2.45) is 0 Å². The normalized spacial score (nSPS) is 22.0. The SMILES string of the molecule is Cc1ccccc1S(=O)(=O)NCC[C@H]1CC[C@H](NS(=O)(=O)c2ccccc2C)[C@H](CO)O1. The van der Waals surface area contributed by atoms with Crippen molar-refractivity contribution in [2.75, 3.05) is 13.2 Å². The van der Waals surface area contributed by atoms with E-state index in [-0.39, 0.29) is 29.0 Å². The van der Waals surface area contributed by atoms with Crippen LogP contribution in [0, 0.1) is 13.8 Å². The van der Waals surface area contributed by atoms with Crippen LogP contribution in [-0.4, -0.2) is 53.3 Å². The van der Waals surface area contributed by atoms with Gasteiger partial charge in [-0.2, -0.15) is 0 Å². The molecule has 1 heterocycles. The third kappa shape index (κ3) is 5.94. The molecule has 3 N–H and O–H groups in total. The van der Waals surface area contributed by atoms with Crippen LogP contribution in [-0.2, 0) is 24.8 Å². The number of aliphatic hydroxyl groups excluding tert-OH is 1. The molecule has 32 heavy (non-hydrogen) atoms. The summed E-state index contributed by atoms with van der Waals surface area (Å²) >= 11 is 0.